The van der Waals surface area contributed by atoms with Gasteiger partial charge in [-0.25, -0.2) is 14.5 Å². The van der Waals surface area contributed by atoms with Crippen molar-refractivity contribution in [1.82, 2.24) is 19.6 Å². The van der Waals surface area contributed by atoms with Gasteiger partial charge in [-0.1, -0.05) is 24.3 Å². The third-order valence-corrected chi connectivity index (χ3v) is 4.89. The average molecular weight is 280 g/mol. The van der Waals surface area contributed by atoms with Crippen LogP contribution in [0.25, 0.3) is 27.1 Å². The van der Waals surface area contributed by atoms with E-state index in [4.69, 9.17) is 0 Å². The summed E-state index contributed by atoms with van der Waals surface area (Å²) in [4.78, 5) is 19.2. The van der Waals surface area contributed by atoms with Crippen molar-refractivity contribution in [3.05, 3.63) is 51.4 Å². The lowest BCUT2D eigenvalue weighted by atomic mass is 10.1. The van der Waals surface area contributed by atoms with Crippen LogP contribution in [0, 0.1) is 0 Å². The minimum absolute atomic E-state index is 0.0482. The summed E-state index contributed by atoms with van der Waals surface area (Å²) in [6, 6.07) is 8.25. The zero-order chi connectivity index (χ0) is 13.3. The fraction of sp³-hybridized carbons (Fsp3) is 0.0714. The van der Waals surface area contributed by atoms with Gasteiger partial charge < -0.3 is 0 Å². The van der Waals surface area contributed by atoms with Gasteiger partial charge in [0.1, 0.15) is 11.2 Å². The molecule has 1 aromatic carbocycles. The highest BCUT2D eigenvalue weighted by Gasteiger charge is 2.26. The van der Waals surface area contributed by atoms with Crippen molar-refractivity contribution >= 4 is 27.3 Å². The number of hydrogen-bond donors (Lipinski definition) is 1. The summed E-state index contributed by atoms with van der Waals surface area (Å²) in [5, 5.41) is 7.34. The first-order valence-electron chi connectivity index (χ1n) is 6.28. The number of H-pyrrole nitrogens is 1. The van der Waals surface area contributed by atoms with Gasteiger partial charge >= 0.3 is 0 Å². The number of hydrogen-bond acceptors (Lipinski definition) is 4. The van der Waals surface area contributed by atoms with Crippen LogP contribution in [0.1, 0.15) is 10.4 Å². The molecule has 1 aliphatic rings. The molecule has 0 unspecified atom stereocenters. The number of aromatic amines is 1. The van der Waals surface area contributed by atoms with Crippen molar-refractivity contribution < 1.29 is 0 Å². The highest BCUT2D eigenvalue weighted by molar-refractivity contribution is 7.19. The number of thiophene rings is 1. The van der Waals surface area contributed by atoms with Crippen LogP contribution in [-0.2, 0) is 6.42 Å². The molecule has 0 saturated carbocycles. The molecule has 96 valence electrons. The molecule has 20 heavy (non-hydrogen) atoms. The van der Waals surface area contributed by atoms with E-state index < -0.39 is 0 Å². The Bertz CT molecular complexity index is 1060. The Balaban J connectivity index is 2.03. The largest absolute Gasteiger partial charge is 0.269 e. The van der Waals surface area contributed by atoms with Crippen LogP contribution in [0.15, 0.2) is 35.4 Å². The fourth-order valence-corrected chi connectivity index (χ4v) is 4.14. The van der Waals surface area contributed by atoms with Crippen molar-refractivity contribution in [3.63, 3.8) is 0 Å². The molecule has 0 bridgehead atoms. The lowest BCUT2D eigenvalue weighted by molar-refractivity contribution is 1.08. The summed E-state index contributed by atoms with van der Waals surface area (Å²) >= 11 is 1.60. The topological polar surface area (TPSA) is 63.0 Å². The molecular formula is C14H8N4OS. The van der Waals surface area contributed by atoms with E-state index in [9.17, 15) is 4.79 Å². The molecule has 0 radical (unpaired) electrons. The van der Waals surface area contributed by atoms with Crippen LogP contribution in [0.3, 0.4) is 0 Å². The van der Waals surface area contributed by atoms with Crippen LogP contribution in [0.5, 0.6) is 0 Å². The summed E-state index contributed by atoms with van der Waals surface area (Å²) in [6.45, 7) is 0. The molecule has 0 saturated heterocycles. The van der Waals surface area contributed by atoms with E-state index in [1.807, 2.05) is 12.1 Å². The molecule has 4 aromatic rings. The first kappa shape index (κ1) is 10.3. The summed E-state index contributed by atoms with van der Waals surface area (Å²) in [6.07, 6.45) is 2.37. The zero-order valence-corrected chi connectivity index (χ0v) is 11.1. The van der Waals surface area contributed by atoms with Gasteiger partial charge in [-0.15, -0.1) is 11.3 Å². The average Bonchev–Trinajstić information content (AvgIpc) is 3.11. The van der Waals surface area contributed by atoms with E-state index in [2.05, 4.69) is 27.3 Å². The molecule has 5 rings (SSSR count). The SMILES string of the molecule is O=c1c2c3c(sc2nc2[nH]ncn12)Cc1ccccc1-3. The van der Waals surface area contributed by atoms with Crippen molar-refractivity contribution in [1.29, 1.82) is 0 Å². The summed E-state index contributed by atoms with van der Waals surface area (Å²) < 4.78 is 1.47. The lowest BCUT2D eigenvalue weighted by Gasteiger charge is -1.99. The van der Waals surface area contributed by atoms with E-state index in [0.29, 0.717) is 11.2 Å². The minimum Gasteiger partial charge on any atom is -0.268 e. The molecule has 0 amide bonds. The molecule has 0 aliphatic heterocycles. The van der Waals surface area contributed by atoms with E-state index in [1.54, 1.807) is 11.3 Å². The Labute approximate surface area is 116 Å². The number of fused-ring (bicyclic) bond motifs is 6. The minimum atomic E-state index is -0.0482. The van der Waals surface area contributed by atoms with Gasteiger partial charge in [-0.05, 0) is 11.1 Å². The van der Waals surface area contributed by atoms with Gasteiger partial charge in [-0.2, -0.15) is 5.10 Å². The van der Waals surface area contributed by atoms with Crippen LogP contribution in [0.2, 0.25) is 0 Å². The normalized spacial score (nSPS) is 13.0. The van der Waals surface area contributed by atoms with E-state index in [-0.39, 0.29) is 5.56 Å². The Morgan fingerprint density at radius 3 is 3.15 bits per heavy atom. The smallest absolute Gasteiger partial charge is 0.268 e. The van der Waals surface area contributed by atoms with E-state index >= 15 is 0 Å². The maximum atomic E-state index is 12.6. The number of nitrogens with zero attached hydrogens (tertiary/aromatic N) is 3. The molecule has 6 heteroatoms. The van der Waals surface area contributed by atoms with Crippen LogP contribution < -0.4 is 5.56 Å². The Morgan fingerprint density at radius 1 is 1.30 bits per heavy atom. The zero-order valence-electron chi connectivity index (χ0n) is 10.3. The van der Waals surface area contributed by atoms with Gasteiger partial charge in [0.25, 0.3) is 5.56 Å². The maximum Gasteiger partial charge on any atom is 0.269 e. The highest BCUT2D eigenvalue weighted by atomic mass is 32.1. The summed E-state index contributed by atoms with van der Waals surface area (Å²) in [5.74, 6) is 0.496. The van der Waals surface area contributed by atoms with Crippen LogP contribution in [0.4, 0.5) is 0 Å². The molecule has 5 nitrogen and oxygen atoms in total. The quantitative estimate of drug-likeness (QED) is 0.473. The van der Waals surface area contributed by atoms with Gasteiger partial charge in [0.15, 0.2) is 0 Å². The van der Waals surface area contributed by atoms with Crippen molar-refractivity contribution in [3.8, 4) is 11.1 Å². The fourth-order valence-electron chi connectivity index (χ4n) is 2.94. The van der Waals surface area contributed by atoms with Crippen LogP contribution in [-0.4, -0.2) is 19.6 Å². The van der Waals surface area contributed by atoms with Crippen molar-refractivity contribution in [2.45, 2.75) is 6.42 Å². The van der Waals surface area contributed by atoms with Gasteiger partial charge in [-0.3, -0.25) is 4.79 Å². The number of rotatable bonds is 0. The van der Waals surface area contributed by atoms with Gasteiger partial charge in [0, 0.05) is 16.9 Å². The summed E-state index contributed by atoms with van der Waals surface area (Å²) in [5.41, 5.74) is 3.46. The van der Waals surface area contributed by atoms with Crippen molar-refractivity contribution in [2.75, 3.05) is 0 Å². The predicted molar refractivity (Wildman–Crippen MR) is 77.2 cm³/mol. The number of aromatic nitrogens is 4. The second kappa shape index (κ2) is 3.34. The first-order valence-corrected chi connectivity index (χ1v) is 7.10. The third-order valence-electron chi connectivity index (χ3n) is 3.81. The third kappa shape index (κ3) is 1.10. The second-order valence-corrected chi connectivity index (χ2v) is 5.96. The Hall–Kier alpha value is -2.47. The standard InChI is InChI=1S/C14H8N4OS/c19-13-11-10-8-4-2-1-3-7(8)5-9(10)20-12(11)16-14-17-15-6-18(13)14/h1-4,6H,5H2,(H,16,17). The maximum absolute atomic E-state index is 12.6. The molecule has 1 aliphatic carbocycles. The second-order valence-electron chi connectivity index (χ2n) is 4.88. The number of nitrogens with one attached hydrogen (secondary N) is 1. The van der Waals surface area contributed by atoms with Gasteiger partial charge in [0.05, 0.1) is 5.39 Å². The van der Waals surface area contributed by atoms with E-state index in [1.165, 1.54) is 21.2 Å². The predicted octanol–water partition coefficient (Wildman–Crippen LogP) is 2.20. The lowest BCUT2D eigenvalue weighted by Crippen LogP contribution is -2.12. The molecule has 3 aromatic heterocycles. The number of benzene rings is 1. The van der Waals surface area contributed by atoms with Crippen LogP contribution >= 0.6 is 11.3 Å². The molecule has 3 heterocycles. The molecule has 0 fully saturated rings. The monoisotopic (exact) mass is 280 g/mol. The molecule has 0 atom stereocenters. The van der Waals surface area contributed by atoms with E-state index in [0.717, 1.165) is 22.4 Å². The Morgan fingerprint density at radius 2 is 2.20 bits per heavy atom. The molecule has 0 spiro atoms. The van der Waals surface area contributed by atoms with Gasteiger partial charge in [0.2, 0.25) is 5.78 Å². The molecular weight excluding hydrogens is 272 g/mol. The first-order chi connectivity index (χ1) is 9.83. The molecule has 1 N–H and O–H groups in total. The highest BCUT2D eigenvalue weighted by Crippen LogP contribution is 2.44. The Kier molecular flexibility index (Phi) is 1.73. The van der Waals surface area contributed by atoms with Crippen molar-refractivity contribution in [2.24, 2.45) is 0 Å². The summed E-state index contributed by atoms with van der Waals surface area (Å²) in [7, 11) is 0.